The summed E-state index contributed by atoms with van der Waals surface area (Å²) in [4.78, 5) is 12.5. The van der Waals surface area contributed by atoms with Gasteiger partial charge in [0.1, 0.15) is 17.3 Å². The van der Waals surface area contributed by atoms with Crippen LogP contribution in [0, 0.1) is 25.2 Å². The zero-order valence-electron chi connectivity index (χ0n) is 21.5. The third kappa shape index (κ3) is 6.19. The summed E-state index contributed by atoms with van der Waals surface area (Å²) in [6.07, 6.45) is -0.774. The molecule has 0 fully saturated rings. The van der Waals surface area contributed by atoms with Crippen LogP contribution in [0.3, 0.4) is 0 Å². The molecule has 0 aliphatic carbocycles. The standard InChI is InChI=1S/C29H33N3O3/c1-19-20(2)31-32(7)27(19)28(25(18-30)23-13-15-24(16-14-23)29(4,5)6)35-21(3)34-26(33)17-22-11-9-8-10-12-22/h8-16,21H,17H2,1-7H3/b28-25-. The van der Waals surface area contributed by atoms with E-state index in [1.165, 1.54) is 0 Å². The molecule has 1 unspecified atom stereocenters. The molecular formula is C29H33N3O3. The van der Waals surface area contributed by atoms with E-state index in [1.54, 1.807) is 11.6 Å². The number of hydrogen-bond acceptors (Lipinski definition) is 5. The van der Waals surface area contributed by atoms with Gasteiger partial charge in [0, 0.05) is 19.5 Å². The minimum Gasteiger partial charge on any atom is -0.451 e. The number of allylic oxidation sites excluding steroid dienone is 1. The second-order valence-corrected chi connectivity index (χ2v) is 9.66. The lowest BCUT2D eigenvalue weighted by molar-refractivity contribution is -0.163. The van der Waals surface area contributed by atoms with Gasteiger partial charge in [0.15, 0.2) is 5.76 Å². The highest BCUT2D eigenvalue weighted by atomic mass is 16.7. The summed E-state index contributed by atoms with van der Waals surface area (Å²) >= 11 is 0. The average molecular weight is 472 g/mol. The first kappa shape index (κ1) is 25.8. The normalized spacial score (nSPS) is 13.0. The molecule has 3 rings (SSSR count). The summed E-state index contributed by atoms with van der Waals surface area (Å²) in [5.74, 6) is -0.0781. The van der Waals surface area contributed by atoms with E-state index in [-0.39, 0.29) is 11.8 Å². The van der Waals surface area contributed by atoms with Crippen molar-refractivity contribution in [1.82, 2.24) is 9.78 Å². The molecule has 0 spiro atoms. The van der Waals surface area contributed by atoms with Gasteiger partial charge >= 0.3 is 5.97 Å². The average Bonchev–Trinajstić information content (AvgIpc) is 3.05. The quantitative estimate of drug-likeness (QED) is 0.186. The fourth-order valence-corrected chi connectivity index (χ4v) is 3.88. The number of carbonyl (C=O) groups excluding carboxylic acids is 1. The number of benzene rings is 2. The Hall–Kier alpha value is -3.85. The summed E-state index contributed by atoms with van der Waals surface area (Å²) < 4.78 is 13.4. The van der Waals surface area contributed by atoms with Crippen LogP contribution >= 0.6 is 0 Å². The molecular weight excluding hydrogens is 438 g/mol. The molecule has 0 aliphatic rings. The van der Waals surface area contributed by atoms with Gasteiger partial charge in [-0.25, -0.2) is 0 Å². The number of esters is 1. The molecule has 0 amide bonds. The number of nitrogens with zero attached hydrogens (tertiary/aromatic N) is 3. The molecule has 0 radical (unpaired) electrons. The fourth-order valence-electron chi connectivity index (χ4n) is 3.88. The van der Waals surface area contributed by atoms with E-state index in [4.69, 9.17) is 9.47 Å². The van der Waals surface area contributed by atoms with E-state index in [1.807, 2.05) is 75.5 Å². The summed E-state index contributed by atoms with van der Waals surface area (Å²) in [6.45, 7) is 11.9. The summed E-state index contributed by atoms with van der Waals surface area (Å²) in [6, 6.07) is 19.6. The number of hydrogen-bond donors (Lipinski definition) is 0. The highest BCUT2D eigenvalue weighted by Gasteiger charge is 2.24. The summed E-state index contributed by atoms with van der Waals surface area (Å²) in [5, 5.41) is 14.7. The Bertz CT molecular complexity index is 1260. The van der Waals surface area contributed by atoms with Crippen LogP contribution in [0.4, 0.5) is 0 Å². The molecule has 3 aromatic rings. The Balaban J connectivity index is 1.98. The Kier molecular flexibility index (Phi) is 7.81. The van der Waals surface area contributed by atoms with E-state index in [2.05, 4.69) is 31.9 Å². The third-order valence-corrected chi connectivity index (χ3v) is 5.89. The Morgan fingerprint density at radius 2 is 1.69 bits per heavy atom. The molecule has 0 saturated carbocycles. The predicted molar refractivity (Wildman–Crippen MR) is 137 cm³/mol. The van der Waals surface area contributed by atoms with Gasteiger partial charge in [0.25, 0.3) is 0 Å². The largest absolute Gasteiger partial charge is 0.451 e. The highest BCUT2D eigenvalue weighted by molar-refractivity contribution is 5.94. The number of carbonyl (C=O) groups is 1. The maximum atomic E-state index is 12.5. The van der Waals surface area contributed by atoms with E-state index in [0.717, 1.165) is 27.9 Å². The van der Waals surface area contributed by atoms with Crippen LogP contribution in [0.5, 0.6) is 0 Å². The van der Waals surface area contributed by atoms with Crippen molar-refractivity contribution in [1.29, 1.82) is 5.26 Å². The minimum atomic E-state index is -0.909. The summed E-state index contributed by atoms with van der Waals surface area (Å²) in [5.41, 5.74) is 5.48. The van der Waals surface area contributed by atoms with Gasteiger partial charge in [-0.05, 0) is 36.0 Å². The maximum Gasteiger partial charge on any atom is 0.313 e. The van der Waals surface area contributed by atoms with Gasteiger partial charge in [-0.2, -0.15) is 10.4 Å². The van der Waals surface area contributed by atoms with Gasteiger partial charge in [0.2, 0.25) is 6.29 Å². The molecule has 6 heteroatoms. The minimum absolute atomic E-state index is 0.00835. The molecule has 2 aromatic carbocycles. The number of ether oxygens (including phenoxy) is 2. The van der Waals surface area contributed by atoms with E-state index >= 15 is 0 Å². The van der Waals surface area contributed by atoms with Crippen LogP contribution in [-0.2, 0) is 33.2 Å². The number of rotatable bonds is 7. The first-order valence-corrected chi connectivity index (χ1v) is 11.7. The van der Waals surface area contributed by atoms with Crippen LogP contribution in [0.2, 0.25) is 0 Å². The monoisotopic (exact) mass is 471 g/mol. The molecule has 182 valence electrons. The van der Waals surface area contributed by atoms with Gasteiger partial charge in [-0.1, -0.05) is 75.4 Å². The van der Waals surface area contributed by atoms with E-state index < -0.39 is 12.3 Å². The highest BCUT2D eigenvalue weighted by Crippen LogP contribution is 2.32. The first-order chi connectivity index (χ1) is 16.5. The molecule has 0 N–H and O–H groups in total. The molecule has 1 heterocycles. The Morgan fingerprint density at radius 1 is 1.06 bits per heavy atom. The second-order valence-electron chi connectivity index (χ2n) is 9.66. The molecule has 35 heavy (non-hydrogen) atoms. The van der Waals surface area contributed by atoms with E-state index in [9.17, 15) is 10.1 Å². The molecule has 1 atom stereocenters. The Labute approximate surface area is 207 Å². The van der Waals surface area contributed by atoms with Gasteiger partial charge in [-0.15, -0.1) is 0 Å². The van der Waals surface area contributed by atoms with Crippen molar-refractivity contribution in [3.8, 4) is 6.07 Å². The van der Waals surface area contributed by atoms with Crippen LogP contribution in [0.15, 0.2) is 54.6 Å². The maximum absolute atomic E-state index is 12.5. The zero-order valence-corrected chi connectivity index (χ0v) is 21.5. The van der Waals surface area contributed by atoms with Crippen LogP contribution < -0.4 is 0 Å². The molecule has 0 bridgehead atoms. The van der Waals surface area contributed by atoms with Crippen LogP contribution in [-0.4, -0.2) is 22.0 Å². The Morgan fingerprint density at radius 3 is 2.20 bits per heavy atom. The number of nitriles is 1. The third-order valence-electron chi connectivity index (χ3n) is 5.89. The first-order valence-electron chi connectivity index (χ1n) is 11.7. The van der Waals surface area contributed by atoms with Crippen molar-refractivity contribution >= 4 is 17.3 Å². The lowest BCUT2D eigenvalue weighted by Gasteiger charge is -2.21. The van der Waals surface area contributed by atoms with Gasteiger partial charge in [0.05, 0.1) is 12.1 Å². The SMILES string of the molecule is Cc1nn(C)c(/C(OC(C)OC(=O)Cc2ccccc2)=C(\C#N)c2ccc(C(C)(C)C)cc2)c1C. The van der Waals surface area contributed by atoms with Crippen LogP contribution in [0.25, 0.3) is 11.3 Å². The van der Waals surface area contributed by atoms with Crippen molar-refractivity contribution in [3.05, 3.63) is 88.2 Å². The van der Waals surface area contributed by atoms with Crippen LogP contribution in [0.1, 0.15) is 61.3 Å². The van der Waals surface area contributed by atoms with E-state index in [0.29, 0.717) is 17.0 Å². The van der Waals surface area contributed by atoms with Crippen molar-refractivity contribution < 1.29 is 14.3 Å². The van der Waals surface area contributed by atoms with Crippen molar-refractivity contribution in [2.45, 2.75) is 59.7 Å². The molecule has 0 saturated heterocycles. The molecule has 0 aliphatic heterocycles. The van der Waals surface area contributed by atoms with Crippen molar-refractivity contribution in [2.24, 2.45) is 7.05 Å². The van der Waals surface area contributed by atoms with Gasteiger partial charge < -0.3 is 9.47 Å². The lowest BCUT2D eigenvalue weighted by Crippen LogP contribution is -2.20. The zero-order chi connectivity index (χ0) is 25.8. The topological polar surface area (TPSA) is 77.1 Å². The van der Waals surface area contributed by atoms with Crippen molar-refractivity contribution in [2.75, 3.05) is 0 Å². The van der Waals surface area contributed by atoms with Gasteiger partial charge in [-0.3, -0.25) is 9.48 Å². The van der Waals surface area contributed by atoms with Crippen molar-refractivity contribution in [3.63, 3.8) is 0 Å². The number of aryl methyl sites for hydroxylation is 2. The molecule has 6 nitrogen and oxygen atoms in total. The molecule has 1 aromatic heterocycles. The lowest BCUT2D eigenvalue weighted by atomic mass is 9.86. The smallest absolute Gasteiger partial charge is 0.313 e. The summed E-state index contributed by atoms with van der Waals surface area (Å²) in [7, 11) is 1.81. The fraction of sp³-hybridized carbons (Fsp3) is 0.345. The number of aromatic nitrogens is 2. The predicted octanol–water partition coefficient (Wildman–Crippen LogP) is 5.87. The second kappa shape index (κ2) is 10.6.